The summed E-state index contributed by atoms with van der Waals surface area (Å²) in [7, 11) is 0. The van der Waals surface area contributed by atoms with Crippen LogP contribution in [0.3, 0.4) is 0 Å². The molecule has 1 amide bonds. The largest absolute Gasteiger partial charge is 0.466 e. The molecule has 1 N–H and O–H groups in total. The highest BCUT2D eigenvalue weighted by atomic mass is 35.5. The molecule has 5 nitrogen and oxygen atoms in total. The van der Waals surface area contributed by atoms with Gasteiger partial charge < -0.3 is 9.64 Å². The summed E-state index contributed by atoms with van der Waals surface area (Å²) in [5.74, 6) is -0.767. The van der Waals surface area contributed by atoms with Gasteiger partial charge in [0, 0.05) is 18.1 Å². The van der Waals surface area contributed by atoms with Crippen LogP contribution in [-0.2, 0) is 16.1 Å². The number of nitrogens with zero attached hydrogens (tertiary/aromatic N) is 1. The van der Waals surface area contributed by atoms with Crippen molar-refractivity contribution in [3.63, 3.8) is 0 Å². The standard InChI is InChI=1S/C20H20Cl2N2O3S/c1-2-27-18(25)10-11-24(13-14-6-4-3-5-7-14)20(28)23-19(26)16-9-8-15(21)12-17(16)22/h3-9,12H,2,10-11,13H2,1H3,(H,23,26,28). The first-order chi connectivity index (χ1) is 13.4. The smallest absolute Gasteiger partial charge is 0.307 e. The van der Waals surface area contributed by atoms with Gasteiger partial charge in [-0.25, -0.2) is 0 Å². The van der Waals surface area contributed by atoms with Crippen molar-refractivity contribution in [3.05, 3.63) is 69.7 Å². The maximum absolute atomic E-state index is 12.5. The highest BCUT2D eigenvalue weighted by molar-refractivity contribution is 7.80. The van der Waals surface area contributed by atoms with Crippen molar-refractivity contribution >= 4 is 52.4 Å². The number of carbonyl (C=O) groups is 2. The van der Waals surface area contributed by atoms with Crippen LogP contribution < -0.4 is 5.32 Å². The molecular weight excluding hydrogens is 419 g/mol. The third kappa shape index (κ3) is 6.78. The van der Waals surface area contributed by atoms with Crippen LogP contribution in [0.5, 0.6) is 0 Å². The van der Waals surface area contributed by atoms with E-state index in [4.69, 9.17) is 40.2 Å². The lowest BCUT2D eigenvalue weighted by molar-refractivity contribution is -0.143. The van der Waals surface area contributed by atoms with Crippen molar-refractivity contribution in [2.75, 3.05) is 13.2 Å². The minimum Gasteiger partial charge on any atom is -0.466 e. The maximum Gasteiger partial charge on any atom is 0.307 e. The molecule has 0 saturated carbocycles. The molecular formula is C20H20Cl2N2O3S. The van der Waals surface area contributed by atoms with Crippen LogP contribution in [0, 0.1) is 0 Å². The van der Waals surface area contributed by atoms with Crippen molar-refractivity contribution in [1.29, 1.82) is 0 Å². The summed E-state index contributed by atoms with van der Waals surface area (Å²) in [4.78, 5) is 26.0. The Morgan fingerprint density at radius 2 is 1.86 bits per heavy atom. The quantitative estimate of drug-likeness (QED) is 0.510. The zero-order chi connectivity index (χ0) is 20.5. The van der Waals surface area contributed by atoms with E-state index in [0.717, 1.165) is 5.56 Å². The molecule has 0 aliphatic heterocycles. The summed E-state index contributed by atoms with van der Waals surface area (Å²) in [6, 6.07) is 14.2. The first-order valence-corrected chi connectivity index (χ1v) is 9.82. The minimum atomic E-state index is -0.444. The number of rotatable bonds is 7. The lowest BCUT2D eigenvalue weighted by Crippen LogP contribution is -2.43. The first kappa shape index (κ1) is 22.1. The number of amides is 1. The van der Waals surface area contributed by atoms with Gasteiger partial charge in [-0.3, -0.25) is 14.9 Å². The molecule has 0 bridgehead atoms. The fraction of sp³-hybridized carbons (Fsp3) is 0.250. The lowest BCUT2D eigenvalue weighted by Gasteiger charge is -2.25. The second-order valence-electron chi connectivity index (χ2n) is 5.85. The van der Waals surface area contributed by atoms with Crippen molar-refractivity contribution in [2.45, 2.75) is 19.9 Å². The van der Waals surface area contributed by atoms with Crippen LogP contribution in [0.4, 0.5) is 0 Å². The summed E-state index contributed by atoms with van der Waals surface area (Å²) in [6.45, 7) is 2.81. The first-order valence-electron chi connectivity index (χ1n) is 8.65. The summed E-state index contributed by atoms with van der Waals surface area (Å²) >= 11 is 17.4. The Bertz CT molecular complexity index is 847. The number of thiocarbonyl (C=S) groups is 1. The van der Waals surface area contributed by atoms with E-state index < -0.39 is 5.91 Å². The number of ether oxygens (including phenoxy) is 1. The number of carbonyl (C=O) groups excluding carboxylic acids is 2. The summed E-state index contributed by atoms with van der Waals surface area (Å²) in [6.07, 6.45) is 0.151. The molecule has 0 atom stereocenters. The van der Waals surface area contributed by atoms with Crippen LogP contribution >= 0.6 is 35.4 Å². The Balaban J connectivity index is 2.10. The SMILES string of the molecule is CCOC(=O)CCN(Cc1ccccc1)C(=S)NC(=O)c1ccc(Cl)cc1Cl. The topological polar surface area (TPSA) is 58.6 Å². The van der Waals surface area contributed by atoms with E-state index >= 15 is 0 Å². The Morgan fingerprint density at radius 1 is 1.14 bits per heavy atom. The van der Waals surface area contributed by atoms with Gasteiger partial charge in [0.1, 0.15) is 0 Å². The molecule has 2 aromatic rings. The monoisotopic (exact) mass is 438 g/mol. The van der Waals surface area contributed by atoms with E-state index in [-0.39, 0.29) is 28.1 Å². The van der Waals surface area contributed by atoms with E-state index in [0.29, 0.717) is 24.7 Å². The summed E-state index contributed by atoms with van der Waals surface area (Å²) in [5, 5.41) is 3.53. The van der Waals surface area contributed by atoms with Gasteiger partial charge in [-0.2, -0.15) is 0 Å². The number of esters is 1. The Morgan fingerprint density at radius 3 is 2.50 bits per heavy atom. The highest BCUT2D eigenvalue weighted by Crippen LogP contribution is 2.21. The van der Waals surface area contributed by atoms with Gasteiger partial charge in [0.25, 0.3) is 5.91 Å². The molecule has 0 aromatic heterocycles. The third-order valence-corrected chi connectivity index (χ3v) is 4.70. The fourth-order valence-corrected chi connectivity index (χ4v) is 3.18. The van der Waals surface area contributed by atoms with Crippen molar-refractivity contribution in [3.8, 4) is 0 Å². The molecule has 0 fully saturated rings. The van der Waals surface area contributed by atoms with Crippen LogP contribution in [0.25, 0.3) is 0 Å². The van der Waals surface area contributed by atoms with Crippen molar-refractivity contribution < 1.29 is 14.3 Å². The highest BCUT2D eigenvalue weighted by Gasteiger charge is 2.18. The normalized spacial score (nSPS) is 10.2. The van der Waals surface area contributed by atoms with Gasteiger partial charge in [-0.15, -0.1) is 0 Å². The Kier molecular flexibility index (Phi) is 8.70. The number of nitrogens with one attached hydrogen (secondary N) is 1. The van der Waals surface area contributed by atoms with Crippen molar-refractivity contribution in [1.82, 2.24) is 10.2 Å². The summed E-state index contributed by atoms with van der Waals surface area (Å²) < 4.78 is 4.97. The third-order valence-electron chi connectivity index (χ3n) is 3.79. The molecule has 28 heavy (non-hydrogen) atoms. The molecule has 0 unspecified atom stereocenters. The zero-order valence-electron chi connectivity index (χ0n) is 15.3. The molecule has 8 heteroatoms. The van der Waals surface area contributed by atoms with E-state index in [2.05, 4.69) is 5.32 Å². The van der Waals surface area contributed by atoms with Gasteiger partial charge in [0.2, 0.25) is 0 Å². The minimum absolute atomic E-state index is 0.151. The predicted octanol–water partition coefficient (Wildman–Crippen LogP) is 4.46. The molecule has 0 spiro atoms. The second-order valence-corrected chi connectivity index (χ2v) is 7.08. The average molecular weight is 439 g/mol. The molecule has 0 aliphatic carbocycles. The van der Waals surface area contributed by atoms with Crippen LogP contribution in [-0.4, -0.2) is 35.0 Å². The van der Waals surface area contributed by atoms with Crippen LogP contribution in [0.15, 0.2) is 48.5 Å². The molecule has 2 rings (SSSR count). The van der Waals surface area contributed by atoms with Gasteiger partial charge in [0.15, 0.2) is 5.11 Å². The van der Waals surface area contributed by atoms with Gasteiger partial charge >= 0.3 is 5.97 Å². The van der Waals surface area contributed by atoms with Gasteiger partial charge in [-0.05, 0) is 42.9 Å². The predicted molar refractivity (Wildman–Crippen MR) is 115 cm³/mol. The van der Waals surface area contributed by atoms with Crippen molar-refractivity contribution in [2.24, 2.45) is 0 Å². The Labute approximate surface area is 179 Å². The lowest BCUT2D eigenvalue weighted by atomic mass is 10.2. The van der Waals surface area contributed by atoms with Gasteiger partial charge in [0.05, 0.1) is 23.6 Å². The van der Waals surface area contributed by atoms with Gasteiger partial charge in [-0.1, -0.05) is 53.5 Å². The average Bonchev–Trinajstić information content (AvgIpc) is 2.65. The molecule has 0 heterocycles. The van der Waals surface area contributed by atoms with Crippen LogP contribution in [0.1, 0.15) is 29.3 Å². The zero-order valence-corrected chi connectivity index (χ0v) is 17.6. The molecule has 0 saturated heterocycles. The van der Waals surface area contributed by atoms with E-state index in [1.807, 2.05) is 30.3 Å². The number of halogens is 2. The second kappa shape index (κ2) is 11.0. The fourth-order valence-electron chi connectivity index (χ4n) is 2.43. The van der Waals surface area contributed by atoms with Crippen LogP contribution in [0.2, 0.25) is 10.0 Å². The molecule has 0 aliphatic rings. The molecule has 2 aromatic carbocycles. The van der Waals surface area contributed by atoms with E-state index in [1.165, 1.54) is 12.1 Å². The maximum atomic E-state index is 12.5. The van der Waals surface area contributed by atoms with E-state index in [1.54, 1.807) is 17.9 Å². The molecule has 148 valence electrons. The Hall–Kier alpha value is -2.15. The van der Waals surface area contributed by atoms with E-state index in [9.17, 15) is 9.59 Å². The molecule has 0 radical (unpaired) electrons. The number of hydrogen-bond acceptors (Lipinski definition) is 4. The number of hydrogen-bond donors (Lipinski definition) is 1. The summed E-state index contributed by atoms with van der Waals surface area (Å²) in [5.41, 5.74) is 1.26. The number of benzene rings is 2.